The molecule has 1 aromatic carbocycles. The maximum atomic E-state index is 5.84. The zero-order valence-corrected chi connectivity index (χ0v) is 16.4. The van der Waals surface area contributed by atoms with Crippen LogP contribution in [0.15, 0.2) is 36.5 Å². The standard InChI is InChI=1S/C20H27ClN2O3/c1-15(2)25-10-4-9-22-12-16-5-7-18(19(11-16)24-3)26-14-17-6-8-20(21)23-13-17/h5-8,11,13,15,22H,4,9-10,12,14H2,1-3H3. The Morgan fingerprint density at radius 3 is 2.62 bits per heavy atom. The molecule has 0 fully saturated rings. The Balaban J connectivity index is 1.81. The number of methoxy groups -OCH3 is 1. The van der Waals surface area contributed by atoms with Crippen molar-refractivity contribution in [3.8, 4) is 11.5 Å². The van der Waals surface area contributed by atoms with Crippen LogP contribution in [-0.2, 0) is 17.9 Å². The molecular weight excluding hydrogens is 352 g/mol. The molecule has 0 saturated heterocycles. The van der Waals surface area contributed by atoms with Crippen LogP contribution in [0.25, 0.3) is 0 Å². The van der Waals surface area contributed by atoms with Gasteiger partial charge in [-0.05, 0) is 50.6 Å². The van der Waals surface area contributed by atoms with Crippen molar-refractivity contribution in [3.63, 3.8) is 0 Å². The lowest BCUT2D eigenvalue weighted by Crippen LogP contribution is -2.17. The summed E-state index contributed by atoms with van der Waals surface area (Å²) in [5.41, 5.74) is 2.10. The predicted molar refractivity (Wildman–Crippen MR) is 104 cm³/mol. The van der Waals surface area contributed by atoms with E-state index in [1.54, 1.807) is 19.4 Å². The van der Waals surface area contributed by atoms with Gasteiger partial charge in [-0.25, -0.2) is 4.98 Å². The van der Waals surface area contributed by atoms with Gasteiger partial charge in [-0.2, -0.15) is 0 Å². The van der Waals surface area contributed by atoms with Crippen molar-refractivity contribution >= 4 is 11.6 Å². The quantitative estimate of drug-likeness (QED) is 0.468. The summed E-state index contributed by atoms with van der Waals surface area (Å²) in [6, 6.07) is 9.60. The first kappa shape index (κ1) is 20.5. The largest absolute Gasteiger partial charge is 0.493 e. The van der Waals surface area contributed by atoms with E-state index in [1.165, 1.54) is 0 Å². The van der Waals surface area contributed by atoms with Gasteiger partial charge in [0, 0.05) is 24.9 Å². The van der Waals surface area contributed by atoms with Crippen molar-refractivity contribution in [2.45, 2.75) is 39.5 Å². The minimum Gasteiger partial charge on any atom is -0.493 e. The SMILES string of the molecule is COc1cc(CNCCCOC(C)C)ccc1OCc1ccc(Cl)nc1. The zero-order chi connectivity index (χ0) is 18.8. The Kier molecular flexibility index (Phi) is 8.68. The van der Waals surface area contributed by atoms with Gasteiger partial charge in [0.1, 0.15) is 11.8 Å². The summed E-state index contributed by atoms with van der Waals surface area (Å²) in [6.07, 6.45) is 2.98. The van der Waals surface area contributed by atoms with Crippen molar-refractivity contribution in [1.29, 1.82) is 0 Å². The number of ether oxygens (including phenoxy) is 3. The van der Waals surface area contributed by atoms with Crippen LogP contribution in [-0.4, -0.2) is 31.3 Å². The number of aromatic nitrogens is 1. The fraction of sp³-hybridized carbons (Fsp3) is 0.450. The molecule has 0 unspecified atom stereocenters. The zero-order valence-electron chi connectivity index (χ0n) is 15.6. The van der Waals surface area contributed by atoms with Crippen LogP contribution in [0.2, 0.25) is 5.15 Å². The van der Waals surface area contributed by atoms with Crippen LogP contribution in [0, 0.1) is 0 Å². The molecule has 1 aromatic heterocycles. The van der Waals surface area contributed by atoms with Crippen LogP contribution >= 0.6 is 11.6 Å². The number of pyridine rings is 1. The second-order valence-corrected chi connectivity index (χ2v) is 6.60. The van der Waals surface area contributed by atoms with E-state index in [-0.39, 0.29) is 6.10 Å². The highest BCUT2D eigenvalue weighted by Gasteiger charge is 2.07. The highest BCUT2D eigenvalue weighted by Crippen LogP contribution is 2.28. The summed E-state index contributed by atoms with van der Waals surface area (Å²) in [6.45, 7) is 6.98. The monoisotopic (exact) mass is 378 g/mol. The lowest BCUT2D eigenvalue weighted by atomic mass is 10.2. The molecule has 6 heteroatoms. The Bertz CT molecular complexity index is 663. The van der Waals surface area contributed by atoms with Crippen molar-refractivity contribution in [2.75, 3.05) is 20.3 Å². The Morgan fingerprint density at radius 1 is 1.12 bits per heavy atom. The fourth-order valence-electron chi connectivity index (χ4n) is 2.34. The molecule has 142 valence electrons. The summed E-state index contributed by atoms with van der Waals surface area (Å²) in [4.78, 5) is 4.05. The van der Waals surface area contributed by atoms with Gasteiger partial charge in [0.05, 0.1) is 13.2 Å². The molecule has 0 aliphatic heterocycles. The van der Waals surface area contributed by atoms with Gasteiger partial charge in [-0.3, -0.25) is 0 Å². The number of rotatable bonds is 11. The van der Waals surface area contributed by atoms with Crippen molar-refractivity contribution < 1.29 is 14.2 Å². The normalized spacial score (nSPS) is 11.0. The van der Waals surface area contributed by atoms with E-state index in [1.807, 2.05) is 38.1 Å². The van der Waals surface area contributed by atoms with Gasteiger partial charge < -0.3 is 19.5 Å². The number of hydrogen-bond donors (Lipinski definition) is 1. The number of nitrogens with zero attached hydrogens (tertiary/aromatic N) is 1. The average molecular weight is 379 g/mol. The van der Waals surface area contributed by atoms with Crippen LogP contribution < -0.4 is 14.8 Å². The van der Waals surface area contributed by atoms with E-state index in [2.05, 4.69) is 10.3 Å². The Labute approximate surface area is 160 Å². The molecule has 0 radical (unpaired) electrons. The summed E-state index contributed by atoms with van der Waals surface area (Å²) in [7, 11) is 1.65. The molecule has 2 aromatic rings. The lowest BCUT2D eigenvalue weighted by Gasteiger charge is -2.13. The molecule has 0 bridgehead atoms. The molecule has 0 spiro atoms. The minimum absolute atomic E-state index is 0.287. The van der Waals surface area contributed by atoms with Crippen molar-refractivity contribution in [2.24, 2.45) is 0 Å². The molecule has 5 nitrogen and oxygen atoms in total. The van der Waals surface area contributed by atoms with Crippen LogP contribution in [0.3, 0.4) is 0 Å². The highest BCUT2D eigenvalue weighted by atomic mass is 35.5. The first-order valence-electron chi connectivity index (χ1n) is 8.81. The van der Waals surface area contributed by atoms with Gasteiger partial charge in [0.15, 0.2) is 11.5 Å². The molecule has 1 N–H and O–H groups in total. The smallest absolute Gasteiger partial charge is 0.161 e. The lowest BCUT2D eigenvalue weighted by molar-refractivity contribution is 0.0770. The van der Waals surface area contributed by atoms with Gasteiger partial charge in [0.25, 0.3) is 0 Å². The molecule has 0 saturated carbocycles. The first-order chi connectivity index (χ1) is 12.6. The minimum atomic E-state index is 0.287. The molecular formula is C20H27ClN2O3. The second kappa shape index (κ2) is 11.0. The second-order valence-electron chi connectivity index (χ2n) is 6.21. The molecule has 2 rings (SSSR count). The summed E-state index contributed by atoms with van der Waals surface area (Å²) in [5.74, 6) is 1.42. The number of halogens is 1. The Hall–Kier alpha value is -1.82. The van der Waals surface area contributed by atoms with Gasteiger partial charge in [0.2, 0.25) is 0 Å². The van der Waals surface area contributed by atoms with Gasteiger partial charge in [-0.15, -0.1) is 0 Å². The first-order valence-corrected chi connectivity index (χ1v) is 9.18. The molecule has 1 heterocycles. The topological polar surface area (TPSA) is 52.6 Å². The number of hydrogen-bond acceptors (Lipinski definition) is 5. The maximum absolute atomic E-state index is 5.84. The summed E-state index contributed by atoms with van der Waals surface area (Å²) >= 11 is 5.79. The highest BCUT2D eigenvalue weighted by molar-refractivity contribution is 6.29. The van der Waals surface area contributed by atoms with E-state index >= 15 is 0 Å². The van der Waals surface area contributed by atoms with Crippen LogP contribution in [0.4, 0.5) is 0 Å². The third-order valence-electron chi connectivity index (χ3n) is 3.69. The maximum Gasteiger partial charge on any atom is 0.161 e. The average Bonchev–Trinajstić information content (AvgIpc) is 2.64. The number of benzene rings is 1. The summed E-state index contributed by atoms with van der Waals surface area (Å²) in [5, 5.41) is 3.88. The number of nitrogens with one attached hydrogen (secondary N) is 1. The fourth-order valence-corrected chi connectivity index (χ4v) is 2.45. The van der Waals surface area contributed by atoms with Crippen molar-refractivity contribution in [3.05, 3.63) is 52.8 Å². The molecule has 26 heavy (non-hydrogen) atoms. The predicted octanol–water partition coefficient (Wildman–Crippen LogP) is 4.23. The molecule has 0 aliphatic carbocycles. The third kappa shape index (κ3) is 7.20. The summed E-state index contributed by atoms with van der Waals surface area (Å²) < 4.78 is 16.8. The van der Waals surface area contributed by atoms with E-state index in [9.17, 15) is 0 Å². The van der Waals surface area contributed by atoms with Gasteiger partial charge in [-0.1, -0.05) is 23.7 Å². The van der Waals surface area contributed by atoms with E-state index in [0.717, 1.165) is 43.0 Å². The van der Waals surface area contributed by atoms with Crippen LogP contribution in [0.5, 0.6) is 11.5 Å². The Morgan fingerprint density at radius 2 is 1.92 bits per heavy atom. The molecule has 0 aliphatic rings. The van der Waals surface area contributed by atoms with Gasteiger partial charge >= 0.3 is 0 Å². The van der Waals surface area contributed by atoms with E-state index < -0.39 is 0 Å². The molecule has 0 atom stereocenters. The third-order valence-corrected chi connectivity index (χ3v) is 3.91. The molecule has 0 amide bonds. The van der Waals surface area contributed by atoms with Crippen molar-refractivity contribution in [1.82, 2.24) is 10.3 Å². The van der Waals surface area contributed by atoms with E-state index in [4.69, 9.17) is 25.8 Å². The van der Waals surface area contributed by atoms with Crippen LogP contribution in [0.1, 0.15) is 31.4 Å². The van der Waals surface area contributed by atoms with E-state index in [0.29, 0.717) is 17.5 Å².